The first-order chi connectivity index (χ1) is 20.4. The number of nitrogen functional groups attached to an aromatic ring is 1. The first kappa shape index (κ1) is 28.9. The third kappa shape index (κ3) is 5.62. The number of nitrogens with two attached hydrogens (primary N) is 1. The normalized spacial score (nSPS) is 20.5. The van der Waals surface area contributed by atoms with Gasteiger partial charge in [-0.25, -0.2) is 24.2 Å². The fraction of sp³-hybridized carbons (Fsp3) is 0.375. The number of rotatable bonds is 8. The molecule has 0 amide bonds. The number of nitrogens with zero attached hydrogens (tertiary/aromatic N) is 4. The Morgan fingerprint density at radius 1 is 1.23 bits per heavy atom. The lowest BCUT2D eigenvalue weighted by atomic mass is 9.89. The SMILES string of the molecule is C#C[C@@]1(CC(OC(=O)O)c2oc(=O)oc2C)O[C@@H](n2cnc3c(N)nc(F)nc32)C[C@@H]1OC(=O)OCc1oc(=O)oc1C. The fourth-order valence-corrected chi connectivity index (χ4v) is 4.56. The maximum absolute atomic E-state index is 14.0. The molecule has 4 aromatic heterocycles. The van der Waals surface area contributed by atoms with Gasteiger partial charge in [0.1, 0.15) is 6.23 Å². The van der Waals surface area contributed by atoms with Crippen LogP contribution in [-0.4, -0.2) is 48.6 Å². The topological polar surface area (TPSA) is 248 Å². The summed E-state index contributed by atoms with van der Waals surface area (Å²) < 4.78 is 56.2. The van der Waals surface area contributed by atoms with Crippen molar-refractivity contribution < 1.29 is 55.7 Å². The third-order valence-corrected chi connectivity index (χ3v) is 6.45. The number of imidazole rings is 1. The van der Waals surface area contributed by atoms with E-state index in [0.29, 0.717) is 0 Å². The number of ether oxygens (including phenoxy) is 4. The van der Waals surface area contributed by atoms with Crippen molar-refractivity contribution in [3.8, 4) is 12.3 Å². The highest BCUT2D eigenvalue weighted by Crippen LogP contribution is 2.45. The Morgan fingerprint density at radius 3 is 2.58 bits per heavy atom. The molecule has 0 aliphatic carbocycles. The maximum atomic E-state index is 14.0. The van der Waals surface area contributed by atoms with Crippen LogP contribution in [0.2, 0.25) is 0 Å². The number of terminal acetylenes is 1. The van der Waals surface area contributed by atoms with Gasteiger partial charge in [-0.3, -0.25) is 4.57 Å². The van der Waals surface area contributed by atoms with Gasteiger partial charge in [0.25, 0.3) is 0 Å². The van der Waals surface area contributed by atoms with Crippen LogP contribution in [-0.2, 0) is 25.6 Å². The zero-order chi connectivity index (χ0) is 31.1. The lowest BCUT2D eigenvalue weighted by Crippen LogP contribution is -2.42. The van der Waals surface area contributed by atoms with Crippen molar-refractivity contribution in [3.63, 3.8) is 0 Å². The van der Waals surface area contributed by atoms with Gasteiger partial charge in [0, 0.05) is 12.8 Å². The molecule has 4 atom stereocenters. The second-order valence-electron chi connectivity index (χ2n) is 9.07. The van der Waals surface area contributed by atoms with E-state index in [1.165, 1.54) is 24.7 Å². The Labute approximate surface area is 237 Å². The average Bonchev–Trinajstić information content (AvgIpc) is 3.67. The van der Waals surface area contributed by atoms with Crippen LogP contribution in [0.5, 0.6) is 0 Å². The number of fused-ring (bicyclic) bond motifs is 1. The molecule has 0 saturated carbocycles. The molecule has 5 heterocycles. The van der Waals surface area contributed by atoms with Crippen LogP contribution in [0.1, 0.15) is 48.2 Å². The van der Waals surface area contributed by atoms with Crippen LogP contribution in [0.3, 0.4) is 0 Å². The first-order valence-electron chi connectivity index (χ1n) is 12.1. The fourth-order valence-electron chi connectivity index (χ4n) is 4.56. The smallest absolute Gasteiger partial charge is 0.450 e. The average molecular weight is 605 g/mol. The highest BCUT2D eigenvalue weighted by Gasteiger charge is 2.54. The van der Waals surface area contributed by atoms with Gasteiger partial charge in [0.15, 0.2) is 64.4 Å². The predicted octanol–water partition coefficient (Wildman–Crippen LogP) is 2.10. The number of carboxylic acid groups (broad SMARTS) is 1. The summed E-state index contributed by atoms with van der Waals surface area (Å²) in [5, 5.41) is 9.38. The molecule has 18 nitrogen and oxygen atoms in total. The van der Waals surface area contributed by atoms with Gasteiger partial charge in [-0.15, -0.1) is 6.42 Å². The van der Waals surface area contributed by atoms with Crippen LogP contribution in [0.15, 0.2) is 33.6 Å². The number of aromatic nitrogens is 4. The van der Waals surface area contributed by atoms with Crippen molar-refractivity contribution in [1.29, 1.82) is 0 Å². The van der Waals surface area contributed by atoms with Gasteiger partial charge in [-0.2, -0.15) is 14.4 Å². The Morgan fingerprint density at radius 2 is 1.95 bits per heavy atom. The van der Waals surface area contributed by atoms with E-state index in [1.54, 1.807) is 0 Å². The molecule has 226 valence electrons. The van der Waals surface area contributed by atoms with E-state index < -0.39 is 67.1 Å². The molecule has 19 heteroatoms. The summed E-state index contributed by atoms with van der Waals surface area (Å²) in [4.78, 5) is 58.5. The molecule has 1 aliphatic heterocycles. The molecule has 1 unspecified atom stereocenters. The zero-order valence-corrected chi connectivity index (χ0v) is 22.1. The molecule has 0 bridgehead atoms. The van der Waals surface area contributed by atoms with Crippen LogP contribution >= 0.6 is 0 Å². The summed E-state index contributed by atoms with van der Waals surface area (Å²) in [6, 6.07) is 0. The van der Waals surface area contributed by atoms with Crippen molar-refractivity contribution in [1.82, 2.24) is 19.5 Å². The summed E-state index contributed by atoms with van der Waals surface area (Å²) in [6.07, 6.45) is -2.14. The van der Waals surface area contributed by atoms with E-state index >= 15 is 0 Å². The molecular formula is C24H20FN5O13. The highest BCUT2D eigenvalue weighted by atomic mass is 19.1. The van der Waals surface area contributed by atoms with Gasteiger partial charge in [0.05, 0.1) is 6.33 Å². The number of halogens is 1. The summed E-state index contributed by atoms with van der Waals surface area (Å²) in [5.41, 5.74) is 3.68. The van der Waals surface area contributed by atoms with E-state index in [0.717, 1.165) is 0 Å². The lowest BCUT2D eigenvalue weighted by molar-refractivity contribution is -0.101. The third-order valence-electron chi connectivity index (χ3n) is 6.45. The minimum Gasteiger partial charge on any atom is -0.450 e. The van der Waals surface area contributed by atoms with Crippen molar-refractivity contribution in [3.05, 3.63) is 56.7 Å². The zero-order valence-electron chi connectivity index (χ0n) is 22.1. The van der Waals surface area contributed by atoms with Crippen molar-refractivity contribution in [2.45, 2.75) is 57.3 Å². The molecule has 0 aromatic carbocycles. The number of carbonyl (C=O) groups is 2. The molecule has 0 radical (unpaired) electrons. The van der Waals surface area contributed by atoms with Crippen LogP contribution < -0.4 is 17.4 Å². The van der Waals surface area contributed by atoms with E-state index in [1.807, 2.05) is 0 Å². The van der Waals surface area contributed by atoms with Gasteiger partial charge in [-0.05, 0) is 13.8 Å². The molecule has 1 fully saturated rings. The van der Waals surface area contributed by atoms with E-state index in [4.69, 9.17) is 48.8 Å². The molecule has 4 aromatic rings. The van der Waals surface area contributed by atoms with Crippen molar-refractivity contribution in [2.24, 2.45) is 0 Å². The molecular weight excluding hydrogens is 585 g/mol. The Balaban J connectivity index is 1.49. The molecule has 3 N–H and O–H groups in total. The molecule has 1 saturated heterocycles. The van der Waals surface area contributed by atoms with E-state index in [9.17, 15) is 28.7 Å². The Bertz CT molecular complexity index is 1860. The number of hydrogen-bond donors (Lipinski definition) is 2. The van der Waals surface area contributed by atoms with Crippen molar-refractivity contribution in [2.75, 3.05) is 5.73 Å². The summed E-state index contributed by atoms with van der Waals surface area (Å²) in [5.74, 6) is -0.522. The highest BCUT2D eigenvalue weighted by molar-refractivity contribution is 5.81. The Hall–Kier alpha value is -5.64. The summed E-state index contributed by atoms with van der Waals surface area (Å²) >= 11 is 0. The quantitative estimate of drug-likeness (QED) is 0.166. The van der Waals surface area contributed by atoms with Crippen molar-refractivity contribution >= 4 is 29.3 Å². The minimum absolute atomic E-state index is 0.0277. The number of carbonyl (C=O) groups excluding carboxylic acids is 1. The largest absolute Gasteiger partial charge is 0.519 e. The van der Waals surface area contributed by atoms with Gasteiger partial charge in [-0.1, -0.05) is 5.92 Å². The second-order valence-corrected chi connectivity index (χ2v) is 9.07. The van der Waals surface area contributed by atoms with Gasteiger partial charge < -0.3 is 47.5 Å². The summed E-state index contributed by atoms with van der Waals surface area (Å²) in [6.45, 7) is 2.17. The maximum Gasteiger partial charge on any atom is 0.519 e. The van der Waals surface area contributed by atoms with Gasteiger partial charge >= 0.3 is 30.0 Å². The molecule has 0 spiro atoms. The molecule has 43 heavy (non-hydrogen) atoms. The minimum atomic E-state index is -2.00. The van der Waals surface area contributed by atoms with Gasteiger partial charge in [0.2, 0.25) is 0 Å². The van der Waals surface area contributed by atoms with E-state index in [2.05, 4.69) is 20.9 Å². The standard InChI is InChI=1S/C24H20FN5O13/c1-4-24(6-11(39-20(31)32)16-10(3)38-23(35)42-16)13(41-21(33)36-7-12-9(2)37-22(34)40-12)5-14(43-24)30-8-27-15-17(26)28-19(25)29-18(15)30/h1,8,11,13-14H,5-7H2,2-3H3,(H,31,32)(H2,26,28,29)/t11?,13-,14+,24-/m0/s1. The number of anilines is 1. The monoisotopic (exact) mass is 605 g/mol. The number of aryl methyl sites for hydroxylation is 2. The first-order valence-corrected chi connectivity index (χ1v) is 12.1. The molecule has 1 aliphatic rings. The summed E-state index contributed by atoms with van der Waals surface area (Å²) in [7, 11) is 0. The van der Waals surface area contributed by atoms with E-state index in [-0.39, 0.29) is 46.4 Å². The predicted molar refractivity (Wildman–Crippen MR) is 131 cm³/mol. The van der Waals surface area contributed by atoms with Crippen LogP contribution in [0.4, 0.5) is 19.8 Å². The number of hydrogen-bond acceptors (Lipinski definition) is 16. The lowest BCUT2D eigenvalue weighted by Gasteiger charge is -2.31. The van der Waals surface area contributed by atoms with Crippen LogP contribution in [0, 0.1) is 32.3 Å². The molecule has 5 rings (SSSR count). The van der Waals surface area contributed by atoms with Crippen LogP contribution in [0.25, 0.3) is 11.2 Å². The second kappa shape index (κ2) is 11.0. The Kier molecular flexibility index (Phi) is 7.37.